The molecule has 4 rings (SSSR count). The third kappa shape index (κ3) is 4.24. The molecule has 3 heterocycles. The lowest BCUT2D eigenvalue weighted by atomic mass is 9.84. The van der Waals surface area contributed by atoms with Gasteiger partial charge >= 0.3 is 6.18 Å². The second kappa shape index (κ2) is 7.88. The number of hydrogen-bond donors (Lipinski definition) is 1. The zero-order valence-electron chi connectivity index (χ0n) is 17.0. The van der Waals surface area contributed by atoms with E-state index in [9.17, 15) is 23.1 Å². The molecule has 0 spiro atoms. The van der Waals surface area contributed by atoms with Gasteiger partial charge in [0.05, 0.1) is 28.2 Å². The molecule has 1 N–H and O–H groups in total. The van der Waals surface area contributed by atoms with Crippen LogP contribution in [0.4, 0.5) is 13.2 Å². The minimum absolute atomic E-state index is 0.0987. The molecule has 1 fully saturated rings. The van der Waals surface area contributed by atoms with Gasteiger partial charge in [0, 0.05) is 18.8 Å². The van der Waals surface area contributed by atoms with Crippen LogP contribution in [0.2, 0.25) is 5.02 Å². The summed E-state index contributed by atoms with van der Waals surface area (Å²) in [5, 5.41) is 11.3. The first kappa shape index (κ1) is 22.3. The molecule has 0 bridgehead atoms. The van der Waals surface area contributed by atoms with Gasteiger partial charge in [-0.2, -0.15) is 13.2 Å². The van der Waals surface area contributed by atoms with E-state index in [1.807, 2.05) is 24.8 Å². The summed E-state index contributed by atoms with van der Waals surface area (Å²) in [5.41, 5.74) is -0.475. The number of benzene rings is 1. The number of aromatic nitrogens is 2. The fourth-order valence-corrected chi connectivity index (χ4v) is 5.41. The summed E-state index contributed by atoms with van der Waals surface area (Å²) in [7, 11) is 0. The SMILES string of the molecule is Cc1cc(C)c2c(=O)n(CN3CCC(O)(c4ccc(Cl)c(C(F)(F)F)c4)CC3)sc2n1. The zero-order chi connectivity index (χ0) is 22.6. The lowest BCUT2D eigenvalue weighted by Crippen LogP contribution is -2.43. The summed E-state index contributed by atoms with van der Waals surface area (Å²) in [6.07, 6.45) is -4.08. The van der Waals surface area contributed by atoms with Crippen LogP contribution in [0, 0.1) is 13.8 Å². The van der Waals surface area contributed by atoms with Crippen LogP contribution < -0.4 is 5.56 Å². The van der Waals surface area contributed by atoms with Crippen molar-refractivity contribution >= 4 is 33.4 Å². The number of fused-ring (bicyclic) bond motifs is 1. The van der Waals surface area contributed by atoms with E-state index in [0.29, 0.717) is 30.0 Å². The number of alkyl halides is 3. The average molecular weight is 472 g/mol. The monoisotopic (exact) mass is 471 g/mol. The highest BCUT2D eigenvalue weighted by molar-refractivity contribution is 7.13. The molecule has 1 aliphatic heterocycles. The van der Waals surface area contributed by atoms with E-state index in [1.54, 1.807) is 3.96 Å². The van der Waals surface area contributed by atoms with E-state index in [0.717, 1.165) is 17.3 Å². The molecule has 0 unspecified atom stereocenters. The molecule has 0 saturated carbocycles. The van der Waals surface area contributed by atoms with Crippen molar-refractivity contribution in [2.24, 2.45) is 0 Å². The fourth-order valence-electron chi connectivity index (χ4n) is 4.06. The van der Waals surface area contributed by atoms with Crippen molar-refractivity contribution in [3.63, 3.8) is 0 Å². The largest absolute Gasteiger partial charge is 0.417 e. The predicted octanol–water partition coefficient (Wildman–Crippen LogP) is 4.69. The molecule has 1 aliphatic rings. The Hall–Kier alpha value is -1.94. The fraction of sp³-hybridized carbons (Fsp3) is 0.429. The molecule has 10 heteroatoms. The van der Waals surface area contributed by atoms with Gasteiger partial charge in [-0.15, -0.1) is 0 Å². The van der Waals surface area contributed by atoms with Gasteiger partial charge in [0.15, 0.2) is 0 Å². The predicted molar refractivity (Wildman–Crippen MR) is 115 cm³/mol. The van der Waals surface area contributed by atoms with Crippen LogP contribution in [0.15, 0.2) is 29.1 Å². The van der Waals surface area contributed by atoms with E-state index in [-0.39, 0.29) is 29.0 Å². The second-order valence-corrected chi connectivity index (χ2v) is 9.44. The Morgan fingerprint density at radius 2 is 1.90 bits per heavy atom. The van der Waals surface area contributed by atoms with Crippen molar-refractivity contribution in [2.75, 3.05) is 13.1 Å². The smallest absolute Gasteiger partial charge is 0.385 e. The number of nitrogens with zero attached hydrogens (tertiary/aromatic N) is 3. The number of aryl methyl sites for hydroxylation is 2. The number of halogens is 4. The first-order chi connectivity index (χ1) is 14.5. The van der Waals surface area contributed by atoms with Gasteiger partial charge in [-0.1, -0.05) is 17.7 Å². The summed E-state index contributed by atoms with van der Waals surface area (Å²) in [6.45, 7) is 4.99. The van der Waals surface area contributed by atoms with E-state index >= 15 is 0 Å². The Kier molecular flexibility index (Phi) is 5.66. The summed E-state index contributed by atoms with van der Waals surface area (Å²) >= 11 is 7.00. The van der Waals surface area contributed by atoms with Crippen molar-refractivity contribution in [3.05, 3.63) is 62.0 Å². The second-order valence-electron chi connectivity index (χ2n) is 8.02. The van der Waals surface area contributed by atoms with Crippen molar-refractivity contribution in [3.8, 4) is 0 Å². The van der Waals surface area contributed by atoms with Crippen LogP contribution in [0.5, 0.6) is 0 Å². The van der Waals surface area contributed by atoms with Gasteiger partial charge in [-0.3, -0.25) is 9.69 Å². The van der Waals surface area contributed by atoms with Crippen LogP contribution in [0.25, 0.3) is 10.2 Å². The van der Waals surface area contributed by atoms with Gasteiger partial charge in [0.2, 0.25) is 0 Å². The van der Waals surface area contributed by atoms with Crippen LogP contribution in [0.3, 0.4) is 0 Å². The molecule has 0 atom stereocenters. The van der Waals surface area contributed by atoms with Gasteiger partial charge in [-0.05, 0) is 67.5 Å². The molecular weight excluding hydrogens is 451 g/mol. The van der Waals surface area contributed by atoms with Crippen molar-refractivity contribution in [1.29, 1.82) is 0 Å². The minimum atomic E-state index is -4.59. The maximum atomic E-state index is 13.2. The highest BCUT2D eigenvalue weighted by Crippen LogP contribution is 2.40. The Labute approximate surface area is 185 Å². The summed E-state index contributed by atoms with van der Waals surface area (Å²) < 4.78 is 41.2. The van der Waals surface area contributed by atoms with Crippen LogP contribution >= 0.6 is 23.1 Å². The number of rotatable bonds is 3. The standard InChI is InChI=1S/C21H21ClF3N3O2S/c1-12-9-13(2)26-18-17(12)19(29)28(31-18)11-27-7-5-20(30,6-8-27)14-3-4-16(22)15(10-14)21(23,24)25/h3-4,9-10,30H,5-8,11H2,1-2H3. The number of piperidine rings is 1. The topological polar surface area (TPSA) is 58.4 Å². The number of pyridine rings is 1. The van der Waals surface area contributed by atoms with Crippen molar-refractivity contribution < 1.29 is 18.3 Å². The van der Waals surface area contributed by atoms with E-state index < -0.39 is 17.3 Å². The van der Waals surface area contributed by atoms with Crippen molar-refractivity contribution in [2.45, 2.75) is 45.1 Å². The first-order valence-electron chi connectivity index (χ1n) is 9.78. The van der Waals surface area contributed by atoms with Gasteiger partial charge in [0.25, 0.3) is 5.56 Å². The van der Waals surface area contributed by atoms with Crippen LogP contribution in [-0.2, 0) is 18.4 Å². The van der Waals surface area contributed by atoms with E-state index in [1.165, 1.54) is 23.7 Å². The Morgan fingerprint density at radius 3 is 2.55 bits per heavy atom. The molecular formula is C21H21ClF3N3O2S. The van der Waals surface area contributed by atoms with Gasteiger partial charge in [0.1, 0.15) is 4.83 Å². The average Bonchev–Trinajstić information content (AvgIpc) is 2.98. The molecule has 0 aliphatic carbocycles. The molecule has 2 aromatic heterocycles. The van der Waals surface area contributed by atoms with Crippen molar-refractivity contribution in [1.82, 2.24) is 13.8 Å². The Bertz CT molecular complexity index is 1200. The summed E-state index contributed by atoms with van der Waals surface area (Å²) in [5.74, 6) is 0. The van der Waals surface area contributed by atoms with Crippen LogP contribution in [-0.4, -0.2) is 32.0 Å². The molecule has 5 nitrogen and oxygen atoms in total. The number of hydrogen-bond acceptors (Lipinski definition) is 5. The lowest BCUT2D eigenvalue weighted by Gasteiger charge is -2.38. The third-order valence-electron chi connectivity index (χ3n) is 5.77. The van der Waals surface area contributed by atoms with Gasteiger partial charge in [-0.25, -0.2) is 8.94 Å². The maximum Gasteiger partial charge on any atom is 0.417 e. The molecule has 166 valence electrons. The summed E-state index contributed by atoms with van der Waals surface area (Å²) in [4.78, 5) is 19.9. The number of likely N-dealkylation sites (tertiary alicyclic amines) is 1. The van der Waals surface area contributed by atoms with E-state index in [4.69, 9.17) is 11.6 Å². The first-order valence-corrected chi connectivity index (χ1v) is 10.9. The Morgan fingerprint density at radius 1 is 1.23 bits per heavy atom. The molecule has 31 heavy (non-hydrogen) atoms. The van der Waals surface area contributed by atoms with Crippen LogP contribution in [0.1, 0.15) is 35.2 Å². The molecule has 1 aromatic carbocycles. The van der Waals surface area contributed by atoms with Gasteiger partial charge < -0.3 is 5.11 Å². The zero-order valence-corrected chi connectivity index (χ0v) is 18.5. The normalized spacial score (nSPS) is 17.4. The highest BCUT2D eigenvalue weighted by atomic mass is 35.5. The van der Waals surface area contributed by atoms with E-state index in [2.05, 4.69) is 4.98 Å². The maximum absolute atomic E-state index is 13.2. The number of aliphatic hydroxyl groups is 1. The third-order valence-corrected chi connectivity index (χ3v) is 7.07. The lowest BCUT2D eigenvalue weighted by molar-refractivity contribution is -0.137. The minimum Gasteiger partial charge on any atom is -0.385 e. The molecule has 0 amide bonds. The molecule has 1 saturated heterocycles. The molecule has 3 aromatic rings. The molecule has 0 radical (unpaired) electrons. The summed E-state index contributed by atoms with van der Waals surface area (Å²) in [6, 6.07) is 5.44. The Balaban J connectivity index is 1.52. The quantitative estimate of drug-likeness (QED) is 0.602. The highest BCUT2D eigenvalue weighted by Gasteiger charge is 2.38.